The summed E-state index contributed by atoms with van der Waals surface area (Å²) in [5.74, 6) is 0.393. The second-order valence-corrected chi connectivity index (χ2v) is 6.19. The molecule has 1 aromatic carbocycles. The highest BCUT2D eigenvalue weighted by atomic mass is 16.5. The average Bonchev–Trinajstić information content (AvgIpc) is 3.03. The third-order valence-electron chi connectivity index (χ3n) is 4.30. The number of rotatable bonds is 6. The van der Waals surface area contributed by atoms with Gasteiger partial charge in [-0.1, -0.05) is 26.0 Å². The van der Waals surface area contributed by atoms with Crippen LogP contribution in [0.5, 0.6) is 5.75 Å². The molecule has 1 heterocycles. The molecule has 0 bridgehead atoms. The maximum absolute atomic E-state index is 12.4. The SMILES string of the molecule is COC(=O)C1CC(OC)CN1C(=O)COc1ccc(C(C)C)cc1. The van der Waals surface area contributed by atoms with Gasteiger partial charge in [0.05, 0.1) is 13.2 Å². The maximum Gasteiger partial charge on any atom is 0.328 e. The van der Waals surface area contributed by atoms with Gasteiger partial charge in [-0.15, -0.1) is 0 Å². The minimum absolute atomic E-state index is 0.120. The molecule has 2 atom stereocenters. The summed E-state index contributed by atoms with van der Waals surface area (Å²) in [7, 11) is 2.89. The van der Waals surface area contributed by atoms with Crippen molar-refractivity contribution in [2.75, 3.05) is 27.4 Å². The van der Waals surface area contributed by atoms with E-state index in [0.717, 1.165) is 0 Å². The van der Waals surface area contributed by atoms with E-state index in [1.165, 1.54) is 17.6 Å². The van der Waals surface area contributed by atoms with E-state index in [2.05, 4.69) is 13.8 Å². The van der Waals surface area contributed by atoms with Gasteiger partial charge in [-0.2, -0.15) is 0 Å². The summed E-state index contributed by atoms with van der Waals surface area (Å²) in [6, 6.07) is 7.06. The van der Waals surface area contributed by atoms with Crippen LogP contribution < -0.4 is 4.74 Å². The zero-order valence-electron chi connectivity index (χ0n) is 14.7. The number of carbonyl (C=O) groups excluding carboxylic acids is 2. The molecule has 2 rings (SSSR count). The molecule has 6 heteroatoms. The zero-order valence-corrected chi connectivity index (χ0v) is 14.7. The summed E-state index contributed by atoms with van der Waals surface area (Å²) in [5, 5.41) is 0. The van der Waals surface area contributed by atoms with Gasteiger partial charge < -0.3 is 19.1 Å². The Bertz CT molecular complexity index is 569. The molecule has 0 aliphatic carbocycles. The summed E-state index contributed by atoms with van der Waals surface area (Å²) in [4.78, 5) is 25.8. The molecule has 1 saturated heterocycles. The molecule has 0 aromatic heterocycles. The molecule has 1 amide bonds. The Balaban J connectivity index is 1.96. The van der Waals surface area contributed by atoms with Crippen LogP contribution in [0.25, 0.3) is 0 Å². The van der Waals surface area contributed by atoms with Gasteiger partial charge in [0.1, 0.15) is 11.8 Å². The minimum atomic E-state index is -0.612. The maximum atomic E-state index is 12.4. The highest BCUT2D eigenvalue weighted by Gasteiger charge is 2.40. The Morgan fingerprint density at radius 3 is 2.42 bits per heavy atom. The third kappa shape index (κ3) is 4.26. The highest BCUT2D eigenvalue weighted by molar-refractivity contribution is 5.86. The number of ether oxygens (including phenoxy) is 3. The lowest BCUT2D eigenvalue weighted by molar-refractivity contribution is -0.151. The van der Waals surface area contributed by atoms with Crippen LogP contribution in [0.2, 0.25) is 0 Å². The summed E-state index contributed by atoms with van der Waals surface area (Å²) in [6.45, 7) is 4.48. The van der Waals surface area contributed by atoms with E-state index in [1.54, 1.807) is 7.11 Å². The van der Waals surface area contributed by atoms with Crippen LogP contribution >= 0.6 is 0 Å². The predicted molar refractivity (Wildman–Crippen MR) is 89.0 cm³/mol. The van der Waals surface area contributed by atoms with Crippen molar-refractivity contribution in [3.63, 3.8) is 0 Å². The monoisotopic (exact) mass is 335 g/mol. The van der Waals surface area contributed by atoms with Crippen molar-refractivity contribution in [3.05, 3.63) is 29.8 Å². The number of likely N-dealkylation sites (tertiary alicyclic amines) is 1. The van der Waals surface area contributed by atoms with E-state index in [1.807, 2.05) is 24.3 Å². The van der Waals surface area contributed by atoms with Crippen LogP contribution in [-0.4, -0.2) is 56.3 Å². The van der Waals surface area contributed by atoms with E-state index < -0.39 is 12.0 Å². The Morgan fingerprint density at radius 2 is 1.88 bits per heavy atom. The van der Waals surface area contributed by atoms with E-state index in [0.29, 0.717) is 24.6 Å². The molecule has 1 aliphatic heterocycles. The van der Waals surface area contributed by atoms with Gasteiger partial charge in [-0.05, 0) is 23.6 Å². The summed E-state index contributed by atoms with van der Waals surface area (Å²) < 4.78 is 15.6. The molecule has 6 nitrogen and oxygen atoms in total. The van der Waals surface area contributed by atoms with Gasteiger partial charge in [0.25, 0.3) is 5.91 Å². The van der Waals surface area contributed by atoms with Crippen molar-refractivity contribution in [3.8, 4) is 5.75 Å². The molecule has 1 fully saturated rings. The summed E-state index contributed by atoms with van der Waals surface area (Å²) >= 11 is 0. The molecule has 1 aliphatic rings. The van der Waals surface area contributed by atoms with Gasteiger partial charge in [-0.3, -0.25) is 4.79 Å². The van der Waals surface area contributed by atoms with Crippen molar-refractivity contribution in [1.82, 2.24) is 4.90 Å². The first-order valence-electron chi connectivity index (χ1n) is 8.09. The largest absolute Gasteiger partial charge is 0.484 e. The first kappa shape index (κ1) is 18.3. The molecule has 24 heavy (non-hydrogen) atoms. The smallest absolute Gasteiger partial charge is 0.328 e. The molecule has 0 radical (unpaired) electrons. The predicted octanol–water partition coefficient (Wildman–Crippen LogP) is 1.98. The molecular formula is C18H25NO5. The molecule has 132 valence electrons. The standard InChI is InChI=1S/C18H25NO5/c1-12(2)13-5-7-14(8-6-13)24-11-17(20)19-10-15(22-3)9-16(19)18(21)23-4/h5-8,12,15-16H,9-11H2,1-4H3. The third-order valence-corrected chi connectivity index (χ3v) is 4.30. The topological polar surface area (TPSA) is 65.1 Å². The molecule has 1 aromatic rings. The number of hydrogen-bond acceptors (Lipinski definition) is 5. The average molecular weight is 335 g/mol. The van der Waals surface area contributed by atoms with Crippen LogP contribution in [0, 0.1) is 0 Å². The lowest BCUT2D eigenvalue weighted by Gasteiger charge is -2.22. The lowest BCUT2D eigenvalue weighted by atomic mass is 10.0. The van der Waals surface area contributed by atoms with Crippen LogP contribution in [-0.2, 0) is 19.1 Å². The number of esters is 1. The molecular weight excluding hydrogens is 310 g/mol. The highest BCUT2D eigenvalue weighted by Crippen LogP contribution is 2.22. The number of methoxy groups -OCH3 is 2. The summed E-state index contributed by atoms with van der Waals surface area (Å²) in [5.41, 5.74) is 1.21. The quantitative estimate of drug-likeness (QED) is 0.744. The van der Waals surface area contributed by atoms with Gasteiger partial charge in [0.2, 0.25) is 0 Å². The van der Waals surface area contributed by atoms with Crippen LogP contribution in [0.1, 0.15) is 31.7 Å². The van der Waals surface area contributed by atoms with E-state index >= 15 is 0 Å². The molecule has 0 N–H and O–H groups in total. The lowest BCUT2D eigenvalue weighted by Crippen LogP contribution is -2.43. The molecule has 2 unspecified atom stereocenters. The minimum Gasteiger partial charge on any atom is -0.484 e. The van der Waals surface area contributed by atoms with Crippen molar-refractivity contribution in [2.45, 2.75) is 38.3 Å². The summed E-state index contributed by atoms with van der Waals surface area (Å²) in [6.07, 6.45) is 0.279. The first-order valence-corrected chi connectivity index (χ1v) is 8.09. The van der Waals surface area contributed by atoms with Crippen LogP contribution in [0.3, 0.4) is 0 Å². The number of hydrogen-bond donors (Lipinski definition) is 0. The molecule has 0 spiro atoms. The van der Waals surface area contributed by atoms with E-state index in [9.17, 15) is 9.59 Å². The fraction of sp³-hybridized carbons (Fsp3) is 0.556. The van der Waals surface area contributed by atoms with Crippen LogP contribution in [0.15, 0.2) is 24.3 Å². The fourth-order valence-electron chi connectivity index (χ4n) is 2.78. The normalized spacial score (nSPS) is 20.3. The van der Waals surface area contributed by atoms with Gasteiger partial charge in [-0.25, -0.2) is 4.79 Å². The Hall–Kier alpha value is -2.08. The van der Waals surface area contributed by atoms with Crippen molar-refractivity contribution in [2.24, 2.45) is 0 Å². The van der Waals surface area contributed by atoms with E-state index in [4.69, 9.17) is 14.2 Å². The van der Waals surface area contributed by atoms with E-state index in [-0.39, 0.29) is 18.6 Å². The fourth-order valence-corrected chi connectivity index (χ4v) is 2.78. The number of benzene rings is 1. The van der Waals surface area contributed by atoms with Crippen molar-refractivity contribution in [1.29, 1.82) is 0 Å². The number of nitrogens with zero attached hydrogens (tertiary/aromatic N) is 1. The second-order valence-electron chi connectivity index (χ2n) is 6.19. The second kappa shape index (κ2) is 8.15. The van der Waals surface area contributed by atoms with Gasteiger partial charge >= 0.3 is 5.97 Å². The Morgan fingerprint density at radius 1 is 1.21 bits per heavy atom. The Kier molecular flexibility index (Phi) is 6.20. The van der Waals surface area contributed by atoms with Crippen molar-refractivity contribution >= 4 is 11.9 Å². The van der Waals surface area contributed by atoms with Gasteiger partial charge in [0.15, 0.2) is 6.61 Å². The van der Waals surface area contributed by atoms with Crippen LogP contribution in [0.4, 0.5) is 0 Å². The zero-order chi connectivity index (χ0) is 17.7. The Labute approximate surface area is 142 Å². The number of carbonyl (C=O) groups is 2. The number of amides is 1. The molecule has 0 saturated carbocycles. The van der Waals surface area contributed by atoms with Crippen molar-refractivity contribution < 1.29 is 23.8 Å². The van der Waals surface area contributed by atoms with Gasteiger partial charge in [0, 0.05) is 20.1 Å². The first-order chi connectivity index (χ1) is 11.5.